The quantitative estimate of drug-likeness (QED) is 0.531. The van der Waals surface area contributed by atoms with E-state index in [0.717, 1.165) is 6.42 Å². The summed E-state index contributed by atoms with van der Waals surface area (Å²) in [5, 5.41) is 7.68. The molecule has 6 nitrogen and oxygen atoms in total. The Hall–Kier alpha value is -1.43. The molecule has 16 heavy (non-hydrogen) atoms. The van der Waals surface area contributed by atoms with E-state index >= 15 is 0 Å². The van der Waals surface area contributed by atoms with Crippen molar-refractivity contribution in [2.45, 2.75) is 26.8 Å². The van der Waals surface area contributed by atoms with Gasteiger partial charge in [0, 0.05) is 20.3 Å². The van der Waals surface area contributed by atoms with Gasteiger partial charge in [-0.3, -0.25) is 0 Å². The highest BCUT2D eigenvalue weighted by Crippen LogP contribution is 2.04. The number of aryl methyl sites for hydroxylation is 1. The Balaban J connectivity index is 2.73. The van der Waals surface area contributed by atoms with Gasteiger partial charge in [-0.15, -0.1) is 10.2 Å². The summed E-state index contributed by atoms with van der Waals surface area (Å²) in [4.78, 5) is 11.5. The lowest BCUT2D eigenvalue weighted by Crippen LogP contribution is -2.15. The van der Waals surface area contributed by atoms with E-state index in [4.69, 9.17) is 9.47 Å². The minimum absolute atomic E-state index is 0.260. The largest absolute Gasteiger partial charge is 0.460 e. The molecule has 6 heteroatoms. The summed E-state index contributed by atoms with van der Waals surface area (Å²) >= 11 is 0. The zero-order chi connectivity index (χ0) is 12.0. The molecule has 0 radical (unpaired) electrons. The van der Waals surface area contributed by atoms with Gasteiger partial charge in [-0.05, 0) is 20.3 Å². The summed E-state index contributed by atoms with van der Waals surface area (Å²) in [7, 11) is 1.64. The third-order valence-corrected chi connectivity index (χ3v) is 2.12. The molecule has 0 unspecified atom stereocenters. The summed E-state index contributed by atoms with van der Waals surface area (Å²) < 4.78 is 11.6. The smallest absolute Gasteiger partial charge is 0.376 e. The average Bonchev–Trinajstić information content (AvgIpc) is 2.61. The van der Waals surface area contributed by atoms with Gasteiger partial charge in [-0.25, -0.2) is 4.79 Å². The standard InChI is InChI=1S/C10H17N3O3/c1-4-16-10(14)9-12-11-8(2)13(9)6-5-7-15-3/h4-7H2,1-3H3. The third-order valence-electron chi connectivity index (χ3n) is 2.12. The Morgan fingerprint density at radius 3 is 2.81 bits per heavy atom. The average molecular weight is 227 g/mol. The molecule has 0 aliphatic rings. The van der Waals surface area contributed by atoms with Gasteiger partial charge in [-0.2, -0.15) is 0 Å². The van der Waals surface area contributed by atoms with Gasteiger partial charge >= 0.3 is 5.97 Å². The van der Waals surface area contributed by atoms with E-state index in [1.54, 1.807) is 18.6 Å². The van der Waals surface area contributed by atoms with Crippen molar-refractivity contribution in [3.05, 3.63) is 11.6 Å². The van der Waals surface area contributed by atoms with E-state index in [2.05, 4.69) is 10.2 Å². The van der Waals surface area contributed by atoms with Crippen LogP contribution in [0.5, 0.6) is 0 Å². The second-order valence-corrected chi connectivity index (χ2v) is 3.29. The second kappa shape index (κ2) is 6.22. The maximum absolute atomic E-state index is 11.5. The minimum atomic E-state index is -0.430. The van der Waals surface area contributed by atoms with Gasteiger partial charge in [0.2, 0.25) is 5.82 Å². The number of esters is 1. The molecule has 0 amide bonds. The number of nitrogens with zero attached hydrogens (tertiary/aromatic N) is 3. The SMILES string of the molecule is CCOC(=O)c1nnc(C)n1CCCOC. The Kier molecular flexibility index (Phi) is 4.91. The molecule has 0 atom stereocenters. The molecular formula is C10H17N3O3. The zero-order valence-electron chi connectivity index (χ0n) is 9.89. The van der Waals surface area contributed by atoms with Crippen molar-refractivity contribution >= 4 is 5.97 Å². The van der Waals surface area contributed by atoms with Gasteiger partial charge in [-0.1, -0.05) is 0 Å². The topological polar surface area (TPSA) is 66.2 Å². The van der Waals surface area contributed by atoms with Crippen LogP contribution in [0.3, 0.4) is 0 Å². The van der Waals surface area contributed by atoms with E-state index in [9.17, 15) is 4.79 Å². The van der Waals surface area contributed by atoms with Crippen molar-refractivity contribution in [3.8, 4) is 0 Å². The molecule has 1 aromatic heterocycles. The summed E-state index contributed by atoms with van der Waals surface area (Å²) in [6.07, 6.45) is 0.807. The Bertz CT molecular complexity index is 349. The number of methoxy groups -OCH3 is 1. The predicted octanol–water partition coefficient (Wildman–Crippen LogP) is 0.800. The third kappa shape index (κ3) is 3.03. The van der Waals surface area contributed by atoms with Gasteiger partial charge < -0.3 is 14.0 Å². The maximum Gasteiger partial charge on any atom is 0.376 e. The van der Waals surface area contributed by atoms with E-state index in [1.165, 1.54) is 0 Å². The molecule has 0 aliphatic heterocycles. The van der Waals surface area contributed by atoms with Crippen LogP contribution < -0.4 is 0 Å². The molecule has 0 N–H and O–H groups in total. The molecule has 0 aliphatic carbocycles. The lowest BCUT2D eigenvalue weighted by atomic mass is 10.4. The zero-order valence-corrected chi connectivity index (χ0v) is 9.89. The highest BCUT2D eigenvalue weighted by Gasteiger charge is 2.17. The fourth-order valence-electron chi connectivity index (χ4n) is 1.36. The lowest BCUT2D eigenvalue weighted by molar-refractivity contribution is 0.0504. The molecule has 0 aromatic carbocycles. The number of aromatic nitrogens is 3. The van der Waals surface area contributed by atoms with Crippen LogP contribution in [-0.4, -0.2) is 41.1 Å². The van der Waals surface area contributed by atoms with Crippen LogP contribution in [0.4, 0.5) is 0 Å². The minimum Gasteiger partial charge on any atom is -0.460 e. The van der Waals surface area contributed by atoms with Gasteiger partial charge in [0.25, 0.3) is 0 Å². The molecule has 1 heterocycles. The van der Waals surface area contributed by atoms with Crippen LogP contribution in [0.15, 0.2) is 0 Å². The maximum atomic E-state index is 11.5. The Morgan fingerprint density at radius 2 is 2.19 bits per heavy atom. The van der Waals surface area contributed by atoms with Crippen molar-refractivity contribution < 1.29 is 14.3 Å². The van der Waals surface area contributed by atoms with Crippen LogP contribution >= 0.6 is 0 Å². The van der Waals surface area contributed by atoms with Gasteiger partial charge in [0.15, 0.2) is 0 Å². The molecule has 1 aromatic rings. The van der Waals surface area contributed by atoms with E-state index in [-0.39, 0.29) is 5.82 Å². The van der Waals surface area contributed by atoms with Crippen LogP contribution in [0.25, 0.3) is 0 Å². The summed E-state index contributed by atoms with van der Waals surface area (Å²) in [5.41, 5.74) is 0. The summed E-state index contributed by atoms with van der Waals surface area (Å²) in [5.74, 6) is 0.537. The summed E-state index contributed by atoms with van der Waals surface area (Å²) in [6.45, 7) is 5.20. The first-order chi connectivity index (χ1) is 7.70. The highest BCUT2D eigenvalue weighted by atomic mass is 16.5. The molecule has 0 spiro atoms. The molecule has 0 saturated heterocycles. The first-order valence-corrected chi connectivity index (χ1v) is 5.26. The van der Waals surface area contributed by atoms with E-state index in [0.29, 0.717) is 25.6 Å². The molecule has 90 valence electrons. The Morgan fingerprint density at radius 1 is 1.44 bits per heavy atom. The number of hydrogen-bond donors (Lipinski definition) is 0. The molecule has 0 fully saturated rings. The fourth-order valence-corrected chi connectivity index (χ4v) is 1.36. The summed E-state index contributed by atoms with van der Waals surface area (Å²) in [6, 6.07) is 0. The number of carbonyl (C=O) groups excluding carboxylic acids is 1. The first-order valence-electron chi connectivity index (χ1n) is 5.26. The van der Waals surface area contributed by atoms with Crippen LogP contribution in [-0.2, 0) is 16.0 Å². The number of rotatable bonds is 6. The van der Waals surface area contributed by atoms with Crippen molar-refractivity contribution in [3.63, 3.8) is 0 Å². The van der Waals surface area contributed by atoms with Crippen molar-refractivity contribution in [2.24, 2.45) is 0 Å². The normalized spacial score (nSPS) is 10.4. The van der Waals surface area contributed by atoms with Crippen LogP contribution in [0.1, 0.15) is 29.8 Å². The van der Waals surface area contributed by atoms with E-state index in [1.807, 2.05) is 6.92 Å². The van der Waals surface area contributed by atoms with Crippen molar-refractivity contribution in [2.75, 3.05) is 20.3 Å². The van der Waals surface area contributed by atoms with Crippen molar-refractivity contribution in [1.82, 2.24) is 14.8 Å². The highest BCUT2D eigenvalue weighted by molar-refractivity contribution is 5.85. The molecule has 1 rings (SSSR count). The van der Waals surface area contributed by atoms with Crippen LogP contribution in [0, 0.1) is 6.92 Å². The number of carbonyl (C=O) groups is 1. The predicted molar refractivity (Wildman–Crippen MR) is 57.2 cm³/mol. The number of ether oxygens (including phenoxy) is 2. The van der Waals surface area contributed by atoms with E-state index < -0.39 is 5.97 Å². The van der Waals surface area contributed by atoms with Crippen molar-refractivity contribution in [1.29, 1.82) is 0 Å². The number of hydrogen-bond acceptors (Lipinski definition) is 5. The van der Waals surface area contributed by atoms with Gasteiger partial charge in [0.05, 0.1) is 6.61 Å². The Labute approximate surface area is 94.6 Å². The monoisotopic (exact) mass is 227 g/mol. The van der Waals surface area contributed by atoms with Crippen LogP contribution in [0.2, 0.25) is 0 Å². The fraction of sp³-hybridized carbons (Fsp3) is 0.700. The molecule has 0 bridgehead atoms. The molecule has 0 saturated carbocycles. The molecular weight excluding hydrogens is 210 g/mol. The van der Waals surface area contributed by atoms with Gasteiger partial charge in [0.1, 0.15) is 5.82 Å². The first kappa shape index (κ1) is 12.6. The second-order valence-electron chi connectivity index (χ2n) is 3.29. The lowest BCUT2D eigenvalue weighted by Gasteiger charge is -2.07.